The van der Waals surface area contributed by atoms with Crippen molar-refractivity contribution >= 4 is 16.8 Å². The van der Waals surface area contributed by atoms with E-state index in [2.05, 4.69) is 15.3 Å². The van der Waals surface area contributed by atoms with Crippen molar-refractivity contribution in [3.8, 4) is 22.8 Å². The van der Waals surface area contributed by atoms with Gasteiger partial charge >= 0.3 is 6.18 Å². The van der Waals surface area contributed by atoms with Crippen LogP contribution in [0.2, 0.25) is 0 Å². The number of nitrogens with zero attached hydrogens (tertiary/aromatic N) is 2. The Hall–Kier alpha value is -4.39. The second-order valence-corrected chi connectivity index (χ2v) is 11.0. The van der Waals surface area contributed by atoms with E-state index in [4.69, 9.17) is 9.47 Å². The van der Waals surface area contributed by atoms with Crippen molar-refractivity contribution in [1.82, 2.24) is 15.3 Å². The first kappa shape index (κ1) is 29.7. The lowest BCUT2D eigenvalue weighted by molar-refractivity contribution is -0.265. The minimum Gasteiger partial charge on any atom is -0.490 e. The van der Waals surface area contributed by atoms with Gasteiger partial charge < -0.3 is 19.9 Å². The molecule has 13 heteroatoms. The Morgan fingerprint density at radius 3 is 2.52 bits per heavy atom. The van der Waals surface area contributed by atoms with E-state index >= 15 is 0 Å². The fourth-order valence-electron chi connectivity index (χ4n) is 4.97. The number of benzene rings is 2. The molecule has 1 aliphatic carbocycles. The molecule has 1 aliphatic heterocycles. The Morgan fingerprint density at radius 1 is 1.14 bits per heavy atom. The third kappa shape index (κ3) is 5.51. The summed E-state index contributed by atoms with van der Waals surface area (Å²) in [4.78, 5) is 21.4. The molecule has 2 atom stereocenters. The lowest BCUT2D eigenvalue weighted by Gasteiger charge is -2.31. The first-order chi connectivity index (χ1) is 20.8. The van der Waals surface area contributed by atoms with Crippen LogP contribution in [-0.2, 0) is 5.60 Å². The quantitative estimate of drug-likeness (QED) is 0.217. The number of ether oxygens (including phenoxy) is 2. The Morgan fingerprint density at radius 2 is 1.86 bits per heavy atom. The van der Waals surface area contributed by atoms with Crippen LogP contribution >= 0.6 is 0 Å². The molecular weight excluding hydrogens is 592 g/mol. The largest absolute Gasteiger partial charge is 0.490 e. The molecule has 2 N–H and O–H groups in total. The zero-order chi connectivity index (χ0) is 31.4. The minimum atomic E-state index is -5.30. The second kappa shape index (κ2) is 11.0. The number of fused-ring (bicyclic) bond motifs is 2. The number of halogens is 6. The number of rotatable bonds is 8. The van der Waals surface area contributed by atoms with Crippen molar-refractivity contribution in [2.24, 2.45) is 0 Å². The number of hydrogen-bond donors (Lipinski definition) is 2. The van der Waals surface area contributed by atoms with Crippen LogP contribution in [0.1, 0.15) is 59.3 Å². The zero-order valence-electron chi connectivity index (χ0n) is 23.1. The molecule has 2 aromatic heterocycles. The molecular formula is C31H25F6N3O4. The normalized spacial score (nSPS) is 17.7. The average Bonchev–Trinajstić information content (AvgIpc) is 3.73. The molecule has 0 bridgehead atoms. The van der Waals surface area contributed by atoms with Crippen LogP contribution in [0.4, 0.5) is 26.3 Å². The van der Waals surface area contributed by atoms with E-state index < -0.39 is 47.7 Å². The standard InChI is InChI=1S/C31H25F6N3O4/c1-15-13-43-27-22(15)11-24(40-26(27)16-2-4-20(32)5-3-16)30(42,31(35,36)37)14-39-29(41)18-8-17-9-19(28(33)34)12-38-25(17)23(10-18)44-21-6-7-21/h2-5,8-12,15,21,28,42H,6-7,13-14H2,1H3,(H,39,41)/t15?,30-/m0/s1. The summed E-state index contributed by atoms with van der Waals surface area (Å²) in [6.45, 7) is 0.560. The van der Waals surface area contributed by atoms with Crippen LogP contribution in [-0.4, -0.2) is 46.4 Å². The van der Waals surface area contributed by atoms with Gasteiger partial charge in [0.2, 0.25) is 5.60 Å². The highest BCUT2D eigenvalue weighted by molar-refractivity contribution is 6.00. The van der Waals surface area contributed by atoms with E-state index in [1.54, 1.807) is 6.92 Å². The molecule has 230 valence electrons. The number of alkyl halides is 5. The molecule has 3 heterocycles. The predicted molar refractivity (Wildman–Crippen MR) is 146 cm³/mol. The highest BCUT2D eigenvalue weighted by Gasteiger charge is 2.57. The van der Waals surface area contributed by atoms with E-state index in [0.717, 1.165) is 43.3 Å². The molecule has 6 rings (SSSR count). The summed E-state index contributed by atoms with van der Waals surface area (Å²) in [6.07, 6.45) is -5.83. The van der Waals surface area contributed by atoms with Gasteiger partial charge in [-0.25, -0.2) is 18.2 Å². The summed E-state index contributed by atoms with van der Waals surface area (Å²) in [7, 11) is 0. The molecule has 2 aliphatic rings. The summed E-state index contributed by atoms with van der Waals surface area (Å²) in [5.74, 6) is -1.58. The molecule has 1 unspecified atom stereocenters. The summed E-state index contributed by atoms with van der Waals surface area (Å²) >= 11 is 0. The third-order valence-corrected chi connectivity index (χ3v) is 7.63. The maximum absolute atomic E-state index is 14.6. The Balaban J connectivity index is 1.36. The molecule has 0 saturated heterocycles. The molecule has 7 nitrogen and oxygen atoms in total. The maximum Gasteiger partial charge on any atom is 0.424 e. The predicted octanol–water partition coefficient (Wildman–Crippen LogP) is 6.59. The highest BCUT2D eigenvalue weighted by atomic mass is 19.4. The Bertz CT molecular complexity index is 1740. The summed E-state index contributed by atoms with van der Waals surface area (Å²) in [6, 6.07) is 9.62. The second-order valence-electron chi connectivity index (χ2n) is 11.0. The van der Waals surface area contributed by atoms with Gasteiger partial charge in [-0.1, -0.05) is 6.92 Å². The van der Waals surface area contributed by atoms with Crippen molar-refractivity contribution in [2.75, 3.05) is 13.2 Å². The molecule has 0 spiro atoms. The first-order valence-electron chi connectivity index (χ1n) is 13.7. The van der Waals surface area contributed by atoms with Crippen molar-refractivity contribution in [3.05, 3.63) is 82.9 Å². The smallest absolute Gasteiger partial charge is 0.424 e. The van der Waals surface area contributed by atoms with Crippen molar-refractivity contribution in [1.29, 1.82) is 0 Å². The van der Waals surface area contributed by atoms with Crippen molar-refractivity contribution in [2.45, 2.75) is 50.0 Å². The van der Waals surface area contributed by atoms with E-state index in [-0.39, 0.29) is 57.9 Å². The lowest BCUT2D eigenvalue weighted by Crippen LogP contribution is -2.51. The van der Waals surface area contributed by atoms with E-state index in [1.165, 1.54) is 24.3 Å². The van der Waals surface area contributed by atoms with Crippen molar-refractivity contribution in [3.63, 3.8) is 0 Å². The lowest BCUT2D eigenvalue weighted by atomic mass is 9.92. The van der Waals surface area contributed by atoms with Gasteiger partial charge in [0, 0.05) is 39.8 Å². The number of aliphatic hydroxyl groups is 1. The molecule has 1 fully saturated rings. The molecule has 4 aromatic rings. The van der Waals surface area contributed by atoms with E-state index in [0.29, 0.717) is 5.56 Å². The van der Waals surface area contributed by atoms with Crippen LogP contribution in [0.5, 0.6) is 11.5 Å². The SMILES string of the molecule is CC1COc2c1cc([C@@](O)(CNC(=O)c1cc(OC3CC3)c3ncc(C(F)F)cc3c1)C(F)(F)F)nc2-c1ccc(F)cc1. The fraction of sp³-hybridized carbons (Fsp3) is 0.323. The summed E-state index contributed by atoms with van der Waals surface area (Å²) in [5.41, 5.74) is -4.19. The van der Waals surface area contributed by atoms with Crippen LogP contribution < -0.4 is 14.8 Å². The summed E-state index contributed by atoms with van der Waals surface area (Å²) in [5, 5.41) is 13.4. The maximum atomic E-state index is 14.6. The zero-order valence-corrected chi connectivity index (χ0v) is 23.1. The molecule has 44 heavy (non-hydrogen) atoms. The number of nitrogens with one attached hydrogen (secondary N) is 1. The number of hydrogen-bond acceptors (Lipinski definition) is 6. The van der Waals surface area contributed by atoms with Crippen LogP contribution in [0.15, 0.2) is 54.7 Å². The van der Waals surface area contributed by atoms with Crippen molar-refractivity contribution < 1.29 is 45.7 Å². The molecule has 1 amide bonds. The molecule has 2 aromatic carbocycles. The summed E-state index contributed by atoms with van der Waals surface area (Å²) < 4.78 is 95.6. The monoisotopic (exact) mass is 617 g/mol. The van der Waals surface area contributed by atoms with Gasteiger partial charge in [0.05, 0.1) is 24.9 Å². The van der Waals surface area contributed by atoms with Crippen LogP contribution in [0.25, 0.3) is 22.2 Å². The van der Waals surface area contributed by atoms with Gasteiger partial charge in [-0.2, -0.15) is 13.2 Å². The first-order valence-corrected chi connectivity index (χ1v) is 13.7. The number of carbonyl (C=O) groups is 1. The average molecular weight is 618 g/mol. The number of amides is 1. The fourth-order valence-corrected chi connectivity index (χ4v) is 4.97. The number of carbonyl (C=O) groups excluding carboxylic acids is 1. The molecule has 1 saturated carbocycles. The number of pyridine rings is 2. The minimum absolute atomic E-state index is 0.0189. The van der Waals surface area contributed by atoms with Crippen LogP contribution in [0, 0.1) is 5.82 Å². The van der Waals surface area contributed by atoms with Crippen LogP contribution in [0.3, 0.4) is 0 Å². The van der Waals surface area contributed by atoms with E-state index in [1.807, 2.05) is 0 Å². The Labute approximate surface area is 246 Å². The van der Waals surface area contributed by atoms with Gasteiger partial charge in [0.1, 0.15) is 28.5 Å². The molecule has 0 radical (unpaired) electrons. The topological polar surface area (TPSA) is 93.6 Å². The highest BCUT2D eigenvalue weighted by Crippen LogP contribution is 2.45. The van der Waals surface area contributed by atoms with Gasteiger partial charge in [-0.15, -0.1) is 0 Å². The Kier molecular flexibility index (Phi) is 7.39. The number of aromatic nitrogens is 2. The van der Waals surface area contributed by atoms with E-state index in [9.17, 15) is 36.2 Å². The van der Waals surface area contributed by atoms with Gasteiger partial charge in [0.15, 0.2) is 0 Å². The van der Waals surface area contributed by atoms with Gasteiger partial charge in [0.25, 0.3) is 12.3 Å². The third-order valence-electron chi connectivity index (χ3n) is 7.63. The van der Waals surface area contributed by atoms with Gasteiger partial charge in [-0.3, -0.25) is 9.78 Å². The van der Waals surface area contributed by atoms with Gasteiger partial charge in [-0.05, 0) is 61.4 Å².